The molecule has 4 aromatic rings. The van der Waals surface area contributed by atoms with Crippen molar-refractivity contribution in [1.29, 1.82) is 0 Å². The molecule has 2 aromatic heterocycles. The highest BCUT2D eigenvalue weighted by Gasteiger charge is 2.56. The van der Waals surface area contributed by atoms with E-state index in [0.717, 1.165) is 33.7 Å². The van der Waals surface area contributed by atoms with Crippen LogP contribution in [0.4, 0.5) is 0 Å². The number of hydrogen-bond acceptors (Lipinski definition) is 8. The Hall–Kier alpha value is -4.57. The van der Waals surface area contributed by atoms with Crippen LogP contribution in [0, 0.1) is 5.41 Å². The van der Waals surface area contributed by atoms with Crippen LogP contribution in [0.1, 0.15) is 46.7 Å². The lowest BCUT2D eigenvalue weighted by atomic mass is 9.57. The maximum absolute atomic E-state index is 13.6. The topological polar surface area (TPSA) is 109 Å². The Bertz CT molecular complexity index is 1560. The summed E-state index contributed by atoms with van der Waals surface area (Å²) in [6, 6.07) is 19.2. The first-order valence-corrected chi connectivity index (χ1v) is 13.5. The second-order valence-corrected chi connectivity index (χ2v) is 10.3. The summed E-state index contributed by atoms with van der Waals surface area (Å²) >= 11 is 0. The number of pyridine rings is 1. The second kappa shape index (κ2) is 9.87. The molecule has 1 atom stereocenters. The maximum atomic E-state index is 13.6. The molecule has 2 fully saturated rings. The highest BCUT2D eigenvalue weighted by molar-refractivity contribution is 5.94. The summed E-state index contributed by atoms with van der Waals surface area (Å²) in [6.07, 6.45) is 5.25. The van der Waals surface area contributed by atoms with E-state index >= 15 is 0 Å². The number of rotatable bonds is 5. The lowest BCUT2D eigenvalue weighted by molar-refractivity contribution is -0.165. The van der Waals surface area contributed by atoms with Gasteiger partial charge in [-0.1, -0.05) is 47.7 Å². The fourth-order valence-electron chi connectivity index (χ4n) is 5.92. The number of benzene rings is 2. The number of carbonyl (C=O) groups excluding carboxylic acids is 2. The third kappa shape index (κ3) is 4.12. The highest BCUT2D eigenvalue weighted by atomic mass is 16.7. The minimum absolute atomic E-state index is 0.000363. The zero-order valence-electron chi connectivity index (χ0n) is 21.7. The predicted octanol–water partition coefficient (Wildman–Crippen LogP) is 3.88. The van der Waals surface area contributed by atoms with Crippen molar-refractivity contribution in [2.45, 2.75) is 25.2 Å². The van der Waals surface area contributed by atoms with E-state index in [0.29, 0.717) is 56.3 Å². The Balaban J connectivity index is 1.22. The first-order valence-electron chi connectivity index (χ1n) is 13.5. The van der Waals surface area contributed by atoms with Crippen LogP contribution in [0.2, 0.25) is 0 Å². The van der Waals surface area contributed by atoms with Gasteiger partial charge in [-0.25, -0.2) is 9.78 Å². The van der Waals surface area contributed by atoms with E-state index in [1.54, 1.807) is 0 Å². The second-order valence-electron chi connectivity index (χ2n) is 10.3. The van der Waals surface area contributed by atoms with Crippen LogP contribution in [0.3, 0.4) is 0 Å². The Morgan fingerprint density at radius 2 is 1.75 bits per heavy atom. The molecule has 2 aromatic carbocycles. The summed E-state index contributed by atoms with van der Waals surface area (Å²) in [5, 5.41) is 7.55. The van der Waals surface area contributed by atoms with Gasteiger partial charge in [0.05, 0.1) is 36.7 Å². The van der Waals surface area contributed by atoms with Crippen molar-refractivity contribution in [2.24, 2.45) is 5.41 Å². The lowest BCUT2D eigenvalue weighted by Crippen LogP contribution is -2.48. The van der Waals surface area contributed by atoms with Gasteiger partial charge in [0.1, 0.15) is 5.75 Å². The van der Waals surface area contributed by atoms with Crippen molar-refractivity contribution >= 4 is 11.9 Å². The summed E-state index contributed by atoms with van der Waals surface area (Å²) in [6.45, 7) is 2.32. The monoisotopic (exact) mass is 537 g/mol. The summed E-state index contributed by atoms with van der Waals surface area (Å²) in [5.41, 5.74) is 3.22. The predicted molar refractivity (Wildman–Crippen MR) is 143 cm³/mol. The number of fused-ring (bicyclic) bond motifs is 2. The van der Waals surface area contributed by atoms with Gasteiger partial charge < -0.3 is 19.2 Å². The molecule has 0 radical (unpaired) electrons. The number of carbonyl (C=O) groups is 2. The van der Waals surface area contributed by atoms with E-state index in [1.807, 2.05) is 65.6 Å². The van der Waals surface area contributed by atoms with Crippen LogP contribution in [0.25, 0.3) is 11.3 Å². The molecule has 10 nitrogen and oxygen atoms in total. The molecule has 202 valence electrons. The van der Waals surface area contributed by atoms with Crippen LogP contribution in [-0.4, -0.2) is 63.2 Å². The number of aromatic nitrogens is 4. The van der Waals surface area contributed by atoms with E-state index in [2.05, 4.69) is 10.3 Å². The van der Waals surface area contributed by atoms with E-state index in [4.69, 9.17) is 19.3 Å². The van der Waals surface area contributed by atoms with Crippen molar-refractivity contribution in [3.63, 3.8) is 0 Å². The number of morpholine rings is 1. The van der Waals surface area contributed by atoms with Gasteiger partial charge in [-0.05, 0) is 42.3 Å². The molecule has 1 saturated carbocycles. The summed E-state index contributed by atoms with van der Waals surface area (Å²) < 4.78 is 11.7. The van der Waals surface area contributed by atoms with E-state index in [9.17, 15) is 9.59 Å². The quantitative estimate of drug-likeness (QED) is 0.353. The van der Waals surface area contributed by atoms with Crippen molar-refractivity contribution in [3.8, 4) is 22.9 Å². The molecule has 40 heavy (non-hydrogen) atoms. The molecule has 1 aliphatic carbocycles. The van der Waals surface area contributed by atoms with Crippen LogP contribution in [0.5, 0.6) is 11.6 Å². The average Bonchev–Trinajstić information content (AvgIpc) is 3.49. The fraction of sp³-hybridized carbons (Fsp3) is 0.300. The van der Waals surface area contributed by atoms with Crippen molar-refractivity contribution in [2.75, 3.05) is 26.3 Å². The third-order valence-electron chi connectivity index (χ3n) is 8.15. The molecule has 0 N–H and O–H groups in total. The highest BCUT2D eigenvalue weighted by Crippen LogP contribution is 2.59. The van der Waals surface area contributed by atoms with Gasteiger partial charge in [0.25, 0.3) is 5.91 Å². The molecule has 3 aliphatic rings. The van der Waals surface area contributed by atoms with Crippen LogP contribution in [-0.2, 0) is 9.53 Å². The molecule has 10 heteroatoms. The lowest BCUT2D eigenvalue weighted by Gasteiger charge is -2.46. The number of nitrogens with zero attached hydrogens (tertiary/aromatic N) is 5. The number of para-hydroxylation sites is 1. The molecule has 2 aliphatic heterocycles. The molecular weight excluding hydrogens is 510 g/mol. The van der Waals surface area contributed by atoms with Crippen LogP contribution in [0.15, 0.2) is 73.1 Å². The number of hydrogen-bond donors (Lipinski definition) is 0. The Morgan fingerprint density at radius 1 is 0.950 bits per heavy atom. The van der Waals surface area contributed by atoms with Gasteiger partial charge in [0.2, 0.25) is 5.88 Å². The average molecular weight is 538 g/mol. The molecule has 4 heterocycles. The third-order valence-corrected chi connectivity index (χ3v) is 8.15. The van der Waals surface area contributed by atoms with Crippen molar-refractivity contribution in [3.05, 3.63) is 89.7 Å². The van der Waals surface area contributed by atoms with E-state index < -0.39 is 5.41 Å². The van der Waals surface area contributed by atoms with Crippen molar-refractivity contribution in [1.82, 2.24) is 25.0 Å². The molecule has 7 rings (SSSR count). The smallest absolute Gasteiger partial charge is 0.342 e. The van der Waals surface area contributed by atoms with Gasteiger partial charge in [-0.15, -0.1) is 5.10 Å². The minimum Gasteiger partial charge on any atom is -0.438 e. The van der Waals surface area contributed by atoms with Crippen molar-refractivity contribution < 1.29 is 23.9 Å². The molecule has 1 saturated heterocycles. The van der Waals surface area contributed by atoms with E-state index in [-0.39, 0.29) is 17.8 Å². The summed E-state index contributed by atoms with van der Waals surface area (Å²) in [4.78, 5) is 39.9. The Labute approximate surface area is 230 Å². The fourth-order valence-corrected chi connectivity index (χ4v) is 5.92. The Kier molecular flexibility index (Phi) is 6.04. The largest absolute Gasteiger partial charge is 0.438 e. The zero-order valence-corrected chi connectivity index (χ0v) is 21.7. The molecule has 0 spiro atoms. The van der Waals surface area contributed by atoms with Gasteiger partial charge in [-0.2, -0.15) is 0 Å². The maximum Gasteiger partial charge on any atom is 0.342 e. The van der Waals surface area contributed by atoms with Gasteiger partial charge in [0, 0.05) is 41.3 Å². The number of ether oxygens (including phenoxy) is 2. The van der Waals surface area contributed by atoms with Crippen LogP contribution < -0.4 is 9.57 Å². The molecule has 0 bridgehead atoms. The molecular formula is C30H27N5O5. The SMILES string of the molecule is O=C(c1ccc(-c2ccc3c(n2)Oc2ccccc2C3C2(C(=O)On3ccnn3)CCC2)cc1)N1CCOCC1. The minimum atomic E-state index is -0.773. The Morgan fingerprint density at radius 3 is 2.48 bits per heavy atom. The normalized spacial score (nSPS) is 19.0. The zero-order chi connectivity index (χ0) is 27.1. The van der Waals surface area contributed by atoms with E-state index in [1.165, 1.54) is 12.4 Å². The standard InChI is InChI=1S/C30H27N5O5/c36-28(34-16-18-38-19-17-34)21-8-6-20(7-9-21)24-11-10-23-26(22-4-1-2-5-25(22)39-27(23)32-24)30(12-3-13-30)29(37)40-35-15-14-31-33-35/h1-2,4-11,14-15,26H,3,12-13,16-19H2. The van der Waals surface area contributed by atoms with Gasteiger partial charge in [0.15, 0.2) is 0 Å². The summed E-state index contributed by atoms with van der Waals surface area (Å²) in [7, 11) is 0. The number of amides is 1. The molecule has 1 unspecified atom stereocenters. The first-order chi connectivity index (χ1) is 19.6. The first kappa shape index (κ1) is 24.5. The van der Waals surface area contributed by atoms with Crippen LogP contribution >= 0.6 is 0 Å². The summed E-state index contributed by atoms with van der Waals surface area (Å²) in [5.74, 6) is 0.513. The van der Waals surface area contributed by atoms with Gasteiger partial charge in [-0.3, -0.25) is 4.79 Å². The van der Waals surface area contributed by atoms with Gasteiger partial charge >= 0.3 is 5.97 Å². The molecule has 1 amide bonds.